The molecule has 1 heterocycles. The van der Waals surface area contributed by atoms with Crippen LogP contribution < -0.4 is 0 Å². The molecule has 0 aliphatic heterocycles. The van der Waals surface area contributed by atoms with Crippen molar-refractivity contribution in [1.29, 1.82) is 0 Å². The zero-order chi connectivity index (χ0) is 12.5. The van der Waals surface area contributed by atoms with Gasteiger partial charge >= 0.3 is 0 Å². The van der Waals surface area contributed by atoms with Gasteiger partial charge in [0.05, 0.1) is 4.90 Å². The number of benzene rings is 1. The summed E-state index contributed by atoms with van der Waals surface area (Å²) in [5.74, 6) is -0.616. The molecule has 0 saturated heterocycles. The first kappa shape index (κ1) is 11.9. The lowest BCUT2D eigenvalue weighted by molar-refractivity contribution is 0.585. The third kappa shape index (κ3) is 2.40. The molecule has 0 bridgehead atoms. The predicted octanol–water partition coefficient (Wildman–Crippen LogP) is 2.11. The molecule has 0 saturated carbocycles. The van der Waals surface area contributed by atoms with Gasteiger partial charge in [0, 0.05) is 0 Å². The Labute approximate surface area is 102 Å². The van der Waals surface area contributed by atoms with E-state index in [1.807, 2.05) is 0 Å². The summed E-state index contributed by atoms with van der Waals surface area (Å²) in [6.45, 7) is 0. The second kappa shape index (κ2) is 4.34. The summed E-state index contributed by atoms with van der Waals surface area (Å²) >= 11 is 4.76. The van der Waals surface area contributed by atoms with E-state index in [9.17, 15) is 12.8 Å². The van der Waals surface area contributed by atoms with Crippen molar-refractivity contribution in [1.82, 2.24) is 10.2 Å². The molecule has 1 aromatic carbocycles. The fraction of sp³-hybridized carbons (Fsp3) is 0. The highest BCUT2D eigenvalue weighted by atomic mass is 32.2. The van der Waals surface area contributed by atoms with Crippen LogP contribution in [0.2, 0.25) is 0 Å². The highest BCUT2D eigenvalue weighted by Gasteiger charge is 2.19. The minimum absolute atomic E-state index is 0.143. The maximum absolute atomic E-state index is 13.0. The second-order valence-corrected chi connectivity index (χ2v) is 5.56. The van der Waals surface area contributed by atoms with Crippen LogP contribution in [-0.4, -0.2) is 18.6 Å². The smallest absolute Gasteiger partial charge is 0.225 e. The molecule has 88 valence electrons. The summed E-state index contributed by atoms with van der Waals surface area (Å²) in [7, 11) is -3.81. The molecular weight excluding hydrogens is 263 g/mol. The number of hydrogen-bond donors (Lipinski definition) is 1. The minimum Gasteiger partial charge on any atom is -0.266 e. The van der Waals surface area contributed by atoms with Gasteiger partial charge in [0.25, 0.3) is 0 Å². The van der Waals surface area contributed by atoms with Gasteiger partial charge in [0.2, 0.25) is 9.84 Å². The number of nitrogens with one attached hydrogen (secondary N) is 1. The summed E-state index contributed by atoms with van der Waals surface area (Å²) in [6.07, 6.45) is 0. The molecule has 0 radical (unpaired) electrons. The van der Waals surface area contributed by atoms with Gasteiger partial charge in [-0.1, -0.05) is 18.3 Å². The first-order valence-corrected chi connectivity index (χ1v) is 6.46. The van der Waals surface area contributed by atoms with Gasteiger partial charge in [-0.05, 0) is 30.3 Å². The van der Waals surface area contributed by atoms with Crippen LogP contribution in [0.25, 0.3) is 0 Å². The fourth-order valence-corrected chi connectivity index (χ4v) is 2.53. The maximum atomic E-state index is 13.0. The molecule has 0 atom stereocenters. The SMILES string of the molecule is O=S(=O)(c1cccc(F)c1)c1ccc(=S)[nH]n1. The average molecular weight is 270 g/mol. The zero-order valence-electron chi connectivity index (χ0n) is 8.42. The van der Waals surface area contributed by atoms with E-state index in [0.717, 1.165) is 6.07 Å². The number of rotatable bonds is 2. The number of hydrogen-bond acceptors (Lipinski definition) is 4. The molecule has 0 aliphatic carbocycles. The molecule has 0 spiro atoms. The fourth-order valence-electron chi connectivity index (χ4n) is 1.24. The molecule has 17 heavy (non-hydrogen) atoms. The number of nitrogens with zero attached hydrogens (tertiary/aromatic N) is 1. The van der Waals surface area contributed by atoms with E-state index in [4.69, 9.17) is 12.2 Å². The average Bonchev–Trinajstić information content (AvgIpc) is 2.29. The Balaban J connectivity index is 2.57. The number of H-pyrrole nitrogens is 1. The molecule has 7 heteroatoms. The monoisotopic (exact) mass is 270 g/mol. The lowest BCUT2D eigenvalue weighted by Crippen LogP contribution is -2.05. The van der Waals surface area contributed by atoms with Gasteiger partial charge in [-0.3, -0.25) is 5.10 Å². The van der Waals surface area contributed by atoms with Gasteiger partial charge in [-0.25, -0.2) is 12.8 Å². The van der Waals surface area contributed by atoms with E-state index in [1.54, 1.807) is 0 Å². The Kier molecular flexibility index (Phi) is 3.03. The van der Waals surface area contributed by atoms with E-state index in [0.29, 0.717) is 4.64 Å². The van der Waals surface area contributed by atoms with E-state index in [2.05, 4.69) is 10.2 Å². The second-order valence-electron chi connectivity index (χ2n) is 3.22. The third-order valence-corrected chi connectivity index (χ3v) is 3.92. The van der Waals surface area contributed by atoms with Crippen molar-refractivity contribution in [2.24, 2.45) is 0 Å². The topological polar surface area (TPSA) is 62.8 Å². The number of sulfone groups is 1. The van der Waals surface area contributed by atoms with E-state index in [-0.39, 0.29) is 9.92 Å². The van der Waals surface area contributed by atoms with Crippen LogP contribution in [-0.2, 0) is 9.84 Å². The van der Waals surface area contributed by atoms with Gasteiger partial charge < -0.3 is 0 Å². The highest BCUT2D eigenvalue weighted by molar-refractivity contribution is 7.91. The first-order valence-electron chi connectivity index (χ1n) is 4.56. The van der Waals surface area contributed by atoms with Crippen LogP contribution in [0.3, 0.4) is 0 Å². The standard InChI is InChI=1S/C10H7FN2O2S2/c11-7-2-1-3-8(6-7)17(14,15)10-5-4-9(16)12-13-10/h1-6H,(H,12,16). The molecule has 2 aromatic rings. The quantitative estimate of drug-likeness (QED) is 0.849. The Morgan fingerprint density at radius 1 is 1.24 bits per heavy atom. The van der Waals surface area contributed by atoms with Gasteiger partial charge in [0.15, 0.2) is 5.03 Å². The van der Waals surface area contributed by atoms with E-state index >= 15 is 0 Å². The van der Waals surface area contributed by atoms with Crippen LogP contribution in [0.4, 0.5) is 4.39 Å². The van der Waals surface area contributed by atoms with Crippen LogP contribution in [0.5, 0.6) is 0 Å². The maximum Gasteiger partial charge on any atom is 0.225 e. The van der Waals surface area contributed by atoms with E-state index in [1.165, 1.54) is 30.3 Å². The largest absolute Gasteiger partial charge is 0.266 e. The molecule has 0 amide bonds. The van der Waals surface area contributed by atoms with Crippen molar-refractivity contribution in [2.45, 2.75) is 9.92 Å². The van der Waals surface area contributed by atoms with Crippen molar-refractivity contribution in [3.8, 4) is 0 Å². The summed E-state index contributed by atoms with van der Waals surface area (Å²) in [4.78, 5) is -0.143. The normalized spacial score (nSPS) is 11.4. The summed E-state index contributed by atoms with van der Waals surface area (Å²) in [5, 5.41) is 5.80. The Morgan fingerprint density at radius 3 is 2.59 bits per heavy atom. The van der Waals surface area contributed by atoms with Crippen LogP contribution >= 0.6 is 12.2 Å². The molecular formula is C10H7FN2O2S2. The van der Waals surface area contributed by atoms with Crippen LogP contribution in [0, 0.1) is 10.5 Å². The Bertz CT molecular complexity index is 690. The van der Waals surface area contributed by atoms with Crippen molar-refractivity contribution in [3.05, 3.63) is 46.9 Å². The van der Waals surface area contributed by atoms with Crippen molar-refractivity contribution >= 4 is 22.1 Å². The number of aromatic nitrogens is 2. The van der Waals surface area contributed by atoms with E-state index < -0.39 is 15.7 Å². The van der Waals surface area contributed by atoms with Crippen molar-refractivity contribution in [2.75, 3.05) is 0 Å². The lowest BCUT2D eigenvalue weighted by Gasteiger charge is -2.02. The zero-order valence-corrected chi connectivity index (χ0v) is 10.1. The molecule has 0 aliphatic rings. The minimum atomic E-state index is -3.81. The molecule has 1 aromatic heterocycles. The van der Waals surface area contributed by atoms with Crippen LogP contribution in [0.1, 0.15) is 0 Å². The molecule has 0 fully saturated rings. The number of aromatic amines is 1. The van der Waals surface area contributed by atoms with Gasteiger partial charge in [0.1, 0.15) is 10.5 Å². The summed E-state index contributed by atoms with van der Waals surface area (Å²) < 4.78 is 37.3. The highest BCUT2D eigenvalue weighted by Crippen LogP contribution is 2.18. The summed E-state index contributed by atoms with van der Waals surface area (Å²) in [5.41, 5.74) is 0. The summed E-state index contributed by atoms with van der Waals surface area (Å²) in [6, 6.07) is 7.44. The van der Waals surface area contributed by atoms with Gasteiger partial charge in [-0.2, -0.15) is 5.10 Å². The van der Waals surface area contributed by atoms with Gasteiger partial charge in [-0.15, -0.1) is 0 Å². The van der Waals surface area contributed by atoms with Crippen molar-refractivity contribution in [3.63, 3.8) is 0 Å². The molecule has 0 unspecified atom stereocenters. The van der Waals surface area contributed by atoms with Crippen molar-refractivity contribution < 1.29 is 12.8 Å². The Morgan fingerprint density at radius 2 is 2.00 bits per heavy atom. The lowest BCUT2D eigenvalue weighted by atomic mass is 10.4. The number of halogens is 1. The molecule has 4 nitrogen and oxygen atoms in total. The predicted molar refractivity (Wildman–Crippen MR) is 61.3 cm³/mol. The Hall–Kier alpha value is -1.60. The first-order chi connectivity index (χ1) is 8.00. The third-order valence-electron chi connectivity index (χ3n) is 2.04. The molecule has 2 rings (SSSR count). The molecule has 1 N–H and O–H groups in total. The van der Waals surface area contributed by atoms with Crippen LogP contribution in [0.15, 0.2) is 46.3 Å².